The number of hydrogen-bond acceptors (Lipinski definition) is 5. The molecule has 1 aromatic carbocycles. The highest BCUT2D eigenvalue weighted by Crippen LogP contribution is 2.25. The van der Waals surface area contributed by atoms with Crippen LogP contribution < -0.4 is 11.1 Å². The van der Waals surface area contributed by atoms with Crippen LogP contribution in [0.15, 0.2) is 24.4 Å². The number of nitrogens with zero attached hydrogens (tertiary/aromatic N) is 4. The van der Waals surface area contributed by atoms with E-state index in [1.165, 1.54) is 6.20 Å². The fourth-order valence-corrected chi connectivity index (χ4v) is 4.54. The summed E-state index contributed by atoms with van der Waals surface area (Å²) < 4.78 is 1.56. The summed E-state index contributed by atoms with van der Waals surface area (Å²) in [5, 5.41) is 7.52. The number of fused-ring (bicyclic) bond motifs is 1. The number of piperidine rings is 1. The number of nitrogens with two attached hydrogens (primary N) is 1. The Labute approximate surface area is 202 Å². The number of carbonyl (C=O) groups excluding carboxylic acids is 3. The molecule has 0 atom stereocenters. The normalized spacial score (nSPS) is 13.8. The largest absolute Gasteiger partial charge is 0.365 e. The van der Waals surface area contributed by atoms with Crippen LogP contribution in [0.3, 0.4) is 0 Å². The summed E-state index contributed by atoms with van der Waals surface area (Å²) in [5.74, 6) is -0.936. The molecule has 3 amide bonds. The molecule has 3 heterocycles. The van der Waals surface area contributed by atoms with Gasteiger partial charge < -0.3 is 16.0 Å². The monoisotopic (exact) mass is 482 g/mol. The van der Waals surface area contributed by atoms with Crippen LogP contribution in [0, 0.1) is 13.8 Å². The molecule has 4 rings (SSSR count). The molecule has 1 aliphatic heterocycles. The van der Waals surface area contributed by atoms with E-state index in [1.54, 1.807) is 22.7 Å². The second-order valence-corrected chi connectivity index (χ2v) is 8.95. The topological polar surface area (TPSA) is 123 Å². The molecule has 34 heavy (non-hydrogen) atoms. The van der Waals surface area contributed by atoms with Gasteiger partial charge >= 0.3 is 0 Å². The summed E-state index contributed by atoms with van der Waals surface area (Å²) in [5.41, 5.74) is 9.24. The summed E-state index contributed by atoms with van der Waals surface area (Å²) in [6, 6.07) is 4.93. The number of anilines is 1. The molecule has 0 radical (unpaired) electrons. The molecule has 1 aliphatic rings. The van der Waals surface area contributed by atoms with Gasteiger partial charge in [0.1, 0.15) is 5.56 Å². The SMILES string of the molecule is Cc1nc2c(C(N)=O)cnn2c(C)c1CCC(=O)Nc1cc(Cl)ccc1C(=O)N1CCCCC1. The third kappa shape index (κ3) is 4.75. The Kier molecular flexibility index (Phi) is 6.83. The zero-order chi connectivity index (χ0) is 24.4. The van der Waals surface area contributed by atoms with E-state index in [2.05, 4.69) is 15.4 Å². The molecule has 0 aliphatic carbocycles. The van der Waals surface area contributed by atoms with E-state index in [-0.39, 0.29) is 23.8 Å². The van der Waals surface area contributed by atoms with Crippen LogP contribution >= 0.6 is 11.6 Å². The summed E-state index contributed by atoms with van der Waals surface area (Å²) in [7, 11) is 0. The molecule has 3 aromatic rings. The first kappa shape index (κ1) is 23.7. The first-order valence-electron chi connectivity index (χ1n) is 11.3. The van der Waals surface area contributed by atoms with Crippen molar-refractivity contribution >= 4 is 40.7 Å². The Bertz CT molecular complexity index is 1280. The van der Waals surface area contributed by atoms with Gasteiger partial charge in [-0.05, 0) is 63.3 Å². The van der Waals surface area contributed by atoms with Crippen LogP contribution in [0.4, 0.5) is 5.69 Å². The van der Waals surface area contributed by atoms with Gasteiger partial charge in [-0.15, -0.1) is 0 Å². The lowest BCUT2D eigenvalue weighted by molar-refractivity contribution is -0.116. The van der Waals surface area contributed by atoms with Crippen LogP contribution in [0.1, 0.15) is 63.4 Å². The van der Waals surface area contributed by atoms with Crippen molar-refractivity contribution in [2.24, 2.45) is 5.73 Å². The van der Waals surface area contributed by atoms with Gasteiger partial charge in [0.05, 0.1) is 17.4 Å². The van der Waals surface area contributed by atoms with Gasteiger partial charge in [0.2, 0.25) is 5.91 Å². The van der Waals surface area contributed by atoms with Crippen molar-refractivity contribution in [3.05, 3.63) is 57.5 Å². The molecule has 3 N–H and O–H groups in total. The van der Waals surface area contributed by atoms with E-state index in [4.69, 9.17) is 17.3 Å². The Morgan fingerprint density at radius 1 is 1.12 bits per heavy atom. The van der Waals surface area contributed by atoms with E-state index < -0.39 is 5.91 Å². The van der Waals surface area contributed by atoms with Crippen molar-refractivity contribution in [2.75, 3.05) is 18.4 Å². The van der Waals surface area contributed by atoms with E-state index >= 15 is 0 Å². The quantitative estimate of drug-likeness (QED) is 0.558. The molecule has 9 nitrogen and oxygen atoms in total. The zero-order valence-electron chi connectivity index (χ0n) is 19.2. The predicted molar refractivity (Wildman–Crippen MR) is 129 cm³/mol. The Hall–Kier alpha value is -3.46. The molecule has 10 heteroatoms. The van der Waals surface area contributed by atoms with Crippen LogP contribution in [-0.4, -0.2) is 50.3 Å². The predicted octanol–water partition coefficient (Wildman–Crippen LogP) is 3.30. The van der Waals surface area contributed by atoms with Gasteiger partial charge in [0, 0.05) is 35.9 Å². The third-order valence-corrected chi connectivity index (χ3v) is 6.44. The van der Waals surface area contributed by atoms with Gasteiger partial charge in [-0.2, -0.15) is 5.10 Å². The number of carbonyl (C=O) groups is 3. The van der Waals surface area contributed by atoms with Crippen LogP contribution in [-0.2, 0) is 11.2 Å². The van der Waals surface area contributed by atoms with E-state index in [1.807, 2.05) is 18.7 Å². The Morgan fingerprint density at radius 3 is 2.56 bits per heavy atom. The number of rotatable bonds is 6. The highest BCUT2D eigenvalue weighted by Gasteiger charge is 2.22. The summed E-state index contributed by atoms with van der Waals surface area (Å²) in [6.45, 7) is 5.12. The lowest BCUT2D eigenvalue weighted by Gasteiger charge is -2.27. The second kappa shape index (κ2) is 9.80. The average molecular weight is 483 g/mol. The van der Waals surface area contributed by atoms with Gasteiger partial charge in [0.25, 0.3) is 11.8 Å². The lowest BCUT2D eigenvalue weighted by atomic mass is 10.1. The van der Waals surface area contributed by atoms with Crippen LogP contribution in [0.25, 0.3) is 5.65 Å². The molecule has 178 valence electrons. The van der Waals surface area contributed by atoms with Gasteiger partial charge in [-0.3, -0.25) is 14.4 Å². The minimum absolute atomic E-state index is 0.100. The first-order valence-corrected chi connectivity index (χ1v) is 11.7. The second-order valence-electron chi connectivity index (χ2n) is 8.51. The molecule has 0 spiro atoms. The number of hydrogen-bond donors (Lipinski definition) is 2. The van der Waals surface area contributed by atoms with Crippen LogP contribution in [0.5, 0.6) is 0 Å². The number of amides is 3. The molecule has 2 aromatic heterocycles. The standard InChI is InChI=1S/C24H27ClN6O3/c1-14-17(15(2)31-23(28-14)19(13-27-31)22(26)33)8-9-21(32)29-20-12-16(25)6-7-18(20)24(34)30-10-4-3-5-11-30/h6-7,12-13H,3-5,8-11H2,1-2H3,(H2,26,33)(H,29,32). The van der Waals surface area contributed by atoms with Crippen molar-refractivity contribution in [1.82, 2.24) is 19.5 Å². The van der Waals surface area contributed by atoms with Crippen molar-refractivity contribution in [3.63, 3.8) is 0 Å². The lowest BCUT2D eigenvalue weighted by Crippen LogP contribution is -2.36. The number of primary amides is 1. The number of halogens is 1. The Morgan fingerprint density at radius 2 is 1.85 bits per heavy atom. The molecule has 0 bridgehead atoms. The number of likely N-dealkylation sites (tertiary alicyclic amines) is 1. The fourth-order valence-electron chi connectivity index (χ4n) is 4.37. The summed E-state index contributed by atoms with van der Waals surface area (Å²) in [6.07, 6.45) is 5.06. The zero-order valence-corrected chi connectivity index (χ0v) is 20.0. The summed E-state index contributed by atoms with van der Waals surface area (Å²) in [4.78, 5) is 43.8. The molecule has 1 saturated heterocycles. The van der Waals surface area contributed by atoms with Crippen molar-refractivity contribution in [3.8, 4) is 0 Å². The van der Waals surface area contributed by atoms with Crippen molar-refractivity contribution in [2.45, 2.75) is 46.0 Å². The highest BCUT2D eigenvalue weighted by atomic mass is 35.5. The molecule has 0 unspecified atom stereocenters. The number of benzene rings is 1. The molecular formula is C24H27ClN6O3. The molecule has 1 fully saturated rings. The fraction of sp³-hybridized carbons (Fsp3) is 0.375. The van der Waals surface area contributed by atoms with Gasteiger partial charge in [-0.1, -0.05) is 11.6 Å². The van der Waals surface area contributed by atoms with Crippen molar-refractivity contribution in [1.29, 1.82) is 0 Å². The molecular weight excluding hydrogens is 456 g/mol. The first-order chi connectivity index (χ1) is 16.3. The number of aromatic nitrogens is 3. The van der Waals surface area contributed by atoms with E-state index in [0.717, 1.165) is 30.5 Å². The third-order valence-electron chi connectivity index (χ3n) is 6.21. The van der Waals surface area contributed by atoms with E-state index in [0.29, 0.717) is 47.1 Å². The van der Waals surface area contributed by atoms with Crippen LogP contribution in [0.2, 0.25) is 5.02 Å². The van der Waals surface area contributed by atoms with E-state index in [9.17, 15) is 14.4 Å². The number of aryl methyl sites for hydroxylation is 2. The highest BCUT2D eigenvalue weighted by molar-refractivity contribution is 6.31. The summed E-state index contributed by atoms with van der Waals surface area (Å²) >= 11 is 6.16. The number of nitrogens with one attached hydrogen (secondary N) is 1. The van der Waals surface area contributed by atoms with Crippen molar-refractivity contribution < 1.29 is 14.4 Å². The van der Waals surface area contributed by atoms with Gasteiger partial charge in [0.15, 0.2) is 5.65 Å². The maximum Gasteiger partial charge on any atom is 0.255 e. The minimum atomic E-state index is -0.593. The molecule has 0 saturated carbocycles. The minimum Gasteiger partial charge on any atom is -0.365 e. The smallest absolute Gasteiger partial charge is 0.255 e. The maximum atomic E-state index is 13.0. The average Bonchev–Trinajstić information content (AvgIpc) is 3.23. The maximum absolute atomic E-state index is 13.0. The van der Waals surface area contributed by atoms with Gasteiger partial charge in [-0.25, -0.2) is 9.50 Å². The Balaban J connectivity index is 1.51.